The highest BCUT2D eigenvalue weighted by Gasteiger charge is 1.84. The van der Waals surface area contributed by atoms with Gasteiger partial charge in [0, 0.05) is 0 Å². The molecule has 0 aliphatic carbocycles. The first-order valence-corrected chi connectivity index (χ1v) is 4.85. The Morgan fingerprint density at radius 1 is 1.42 bits per heavy atom. The second-order valence-electron chi connectivity index (χ2n) is 3.33. The molecule has 72 valence electrons. The van der Waals surface area contributed by atoms with Crippen LogP contribution in [0.25, 0.3) is 0 Å². The Hall–Kier alpha value is -0.520. The van der Waals surface area contributed by atoms with Crippen LogP contribution in [0.2, 0.25) is 0 Å². The van der Waals surface area contributed by atoms with Crippen LogP contribution in [-0.4, -0.2) is 0 Å². The lowest BCUT2D eigenvalue weighted by Crippen LogP contribution is -1.80. The molecule has 12 heavy (non-hydrogen) atoms. The van der Waals surface area contributed by atoms with Gasteiger partial charge in [-0.3, -0.25) is 0 Å². The summed E-state index contributed by atoms with van der Waals surface area (Å²) in [6.07, 6.45) is 5.60. The summed E-state index contributed by atoms with van der Waals surface area (Å²) in [5.41, 5.74) is 1.29. The lowest BCUT2D eigenvalue weighted by Gasteiger charge is -1.93. The van der Waals surface area contributed by atoms with Crippen LogP contribution in [0.3, 0.4) is 0 Å². The average Bonchev–Trinajstić information content (AvgIpc) is 2.04. The molecule has 0 aromatic rings. The minimum Gasteiger partial charge on any atom is -0.103 e. The second kappa shape index (κ2) is 10.5. The standard InChI is InChI=1S/2C6H12/c1-4-5-6(2)3;1-4-6(3)5-2/h2,4-5H2,1,3H3;4,6H,1,5H2,2-3H3. The second-order valence-corrected chi connectivity index (χ2v) is 3.33. The van der Waals surface area contributed by atoms with Crippen molar-refractivity contribution < 1.29 is 0 Å². The molecule has 0 radical (unpaired) electrons. The number of rotatable bonds is 4. The van der Waals surface area contributed by atoms with E-state index in [1.807, 2.05) is 6.08 Å². The van der Waals surface area contributed by atoms with Gasteiger partial charge in [-0.2, -0.15) is 0 Å². The van der Waals surface area contributed by atoms with E-state index in [4.69, 9.17) is 0 Å². The van der Waals surface area contributed by atoms with E-state index in [9.17, 15) is 0 Å². The van der Waals surface area contributed by atoms with Crippen molar-refractivity contribution in [2.75, 3.05) is 0 Å². The molecule has 0 heteroatoms. The van der Waals surface area contributed by atoms with E-state index in [0.29, 0.717) is 5.92 Å². The molecule has 0 rings (SSSR count). The van der Waals surface area contributed by atoms with Crippen LogP contribution in [-0.2, 0) is 0 Å². The fourth-order valence-electron chi connectivity index (χ4n) is 0.593. The molecule has 0 amide bonds. The minimum atomic E-state index is 0.699. The first-order chi connectivity index (χ1) is 5.58. The molecule has 0 nitrogen and oxygen atoms in total. The van der Waals surface area contributed by atoms with E-state index in [1.54, 1.807) is 0 Å². The Kier molecular flexibility index (Phi) is 12.3. The van der Waals surface area contributed by atoms with E-state index in [2.05, 4.69) is 40.9 Å². The molecule has 0 saturated heterocycles. The van der Waals surface area contributed by atoms with Gasteiger partial charge < -0.3 is 0 Å². The fourth-order valence-corrected chi connectivity index (χ4v) is 0.593. The molecule has 0 heterocycles. The van der Waals surface area contributed by atoms with E-state index in [-0.39, 0.29) is 0 Å². The van der Waals surface area contributed by atoms with E-state index in [1.165, 1.54) is 24.8 Å². The first kappa shape index (κ1) is 14.0. The van der Waals surface area contributed by atoms with Gasteiger partial charge in [-0.1, -0.05) is 45.3 Å². The minimum absolute atomic E-state index is 0.699. The Labute approximate surface area is 78.4 Å². The zero-order valence-electron chi connectivity index (χ0n) is 9.19. The molecule has 0 bridgehead atoms. The molecular weight excluding hydrogens is 144 g/mol. The summed E-state index contributed by atoms with van der Waals surface area (Å²) >= 11 is 0. The lowest BCUT2D eigenvalue weighted by atomic mass is 10.1. The van der Waals surface area contributed by atoms with Crippen LogP contribution in [0.15, 0.2) is 24.8 Å². The van der Waals surface area contributed by atoms with Gasteiger partial charge in [-0.15, -0.1) is 13.2 Å². The summed E-state index contributed by atoms with van der Waals surface area (Å²) in [6.45, 7) is 15.9. The van der Waals surface area contributed by atoms with Crippen molar-refractivity contribution >= 4 is 0 Å². The predicted octanol–water partition coefficient (Wildman–Crippen LogP) is 4.58. The lowest BCUT2D eigenvalue weighted by molar-refractivity contribution is 0.700. The molecule has 0 aromatic carbocycles. The maximum Gasteiger partial charge on any atom is -0.0267 e. The number of hydrogen-bond donors (Lipinski definition) is 0. The Morgan fingerprint density at radius 2 is 1.92 bits per heavy atom. The Morgan fingerprint density at radius 3 is 1.92 bits per heavy atom. The zero-order chi connectivity index (χ0) is 9.98. The highest BCUT2D eigenvalue weighted by Crippen LogP contribution is 1.98. The molecule has 0 aromatic heterocycles. The molecular formula is C12H24. The highest BCUT2D eigenvalue weighted by atomic mass is 13.9. The average molecular weight is 168 g/mol. The normalized spacial score (nSPS) is 11.0. The summed E-state index contributed by atoms with van der Waals surface area (Å²) in [7, 11) is 0. The summed E-state index contributed by atoms with van der Waals surface area (Å²) in [5, 5.41) is 0. The predicted molar refractivity (Wildman–Crippen MR) is 59.4 cm³/mol. The van der Waals surface area contributed by atoms with Crippen molar-refractivity contribution in [2.45, 2.75) is 47.0 Å². The van der Waals surface area contributed by atoms with Crippen molar-refractivity contribution in [1.29, 1.82) is 0 Å². The van der Waals surface area contributed by atoms with Crippen LogP contribution < -0.4 is 0 Å². The molecule has 1 unspecified atom stereocenters. The van der Waals surface area contributed by atoms with E-state index in [0.717, 1.165) is 0 Å². The summed E-state index contributed by atoms with van der Waals surface area (Å²) < 4.78 is 0. The Balaban J connectivity index is 0. The molecule has 1 atom stereocenters. The van der Waals surface area contributed by atoms with Crippen molar-refractivity contribution in [3.05, 3.63) is 24.8 Å². The quantitative estimate of drug-likeness (QED) is 0.539. The third-order valence-corrected chi connectivity index (χ3v) is 1.72. The molecule has 0 N–H and O–H groups in total. The van der Waals surface area contributed by atoms with Crippen molar-refractivity contribution in [3.63, 3.8) is 0 Å². The smallest absolute Gasteiger partial charge is 0.0267 e. The third-order valence-electron chi connectivity index (χ3n) is 1.72. The van der Waals surface area contributed by atoms with Gasteiger partial charge in [0.25, 0.3) is 0 Å². The maximum absolute atomic E-state index is 3.74. The van der Waals surface area contributed by atoms with Crippen LogP contribution >= 0.6 is 0 Å². The van der Waals surface area contributed by atoms with Crippen LogP contribution in [0, 0.1) is 5.92 Å². The molecule has 0 saturated carbocycles. The third kappa shape index (κ3) is 16.2. The van der Waals surface area contributed by atoms with Gasteiger partial charge in [0.2, 0.25) is 0 Å². The molecule has 0 spiro atoms. The van der Waals surface area contributed by atoms with Crippen molar-refractivity contribution in [3.8, 4) is 0 Å². The van der Waals surface area contributed by atoms with Gasteiger partial charge >= 0.3 is 0 Å². The van der Waals surface area contributed by atoms with E-state index < -0.39 is 0 Å². The largest absolute Gasteiger partial charge is 0.103 e. The van der Waals surface area contributed by atoms with E-state index >= 15 is 0 Å². The van der Waals surface area contributed by atoms with Gasteiger partial charge in [0.05, 0.1) is 0 Å². The highest BCUT2D eigenvalue weighted by molar-refractivity contribution is 4.86. The van der Waals surface area contributed by atoms with Crippen LogP contribution in [0.5, 0.6) is 0 Å². The molecule has 0 fully saturated rings. The van der Waals surface area contributed by atoms with Gasteiger partial charge in [0.15, 0.2) is 0 Å². The topological polar surface area (TPSA) is 0 Å². The van der Waals surface area contributed by atoms with Crippen molar-refractivity contribution in [2.24, 2.45) is 5.92 Å². The monoisotopic (exact) mass is 168 g/mol. The maximum atomic E-state index is 3.74. The summed E-state index contributed by atoms with van der Waals surface area (Å²) in [4.78, 5) is 0. The molecule has 0 aliphatic rings. The zero-order valence-corrected chi connectivity index (χ0v) is 9.19. The SMILES string of the molecule is C=C(C)CCC.C=CC(C)CC. The van der Waals surface area contributed by atoms with Gasteiger partial charge in [-0.05, 0) is 19.3 Å². The van der Waals surface area contributed by atoms with Crippen LogP contribution in [0.1, 0.15) is 47.0 Å². The van der Waals surface area contributed by atoms with Gasteiger partial charge in [0.1, 0.15) is 0 Å². The Bertz CT molecular complexity index is 111. The van der Waals surface area contributed by atoms with Crippen molar-refractivity contribution in [1.82, 2.24) is 0 Å². The number of hydrogen-bond acceptors (Lipinski definition) is 0. The molecule has 0 aliphatic heterocycles. The summed E-state index contributed by atoms with van der Waals surface area (Å²) in [6, 6.07) is 0. The fraction of sp³-hybridized carbons (Fsp3) is 0.667. The van der Waals surface area contributed by atoms with Crippen LogP contribution in [0.4, 0.5) is 0 Å². The van der Waals surface area contributed by atoms with Gasteiger partial charge in [-0.25, -0.2) is 0 Å². The summed E-state index contributed by atoms with van der Waals surface area (Å²) in [5.74, 6) is 0.699. The first-order valence-electron chi connectivity index (χ1n) is 4.85. The number of allylic oxidation sites excluding steroid dienone is 2.